The number of rotatable bonds is 5. The molecular weight excluding hydrogens is 386 g/mol. The summed E-state index contributed by atoms with van der Waals surface area (Å²) in [6, 6.07) is 20.3. The van der Waals surface area contributed by atoms with Crippen molar-refractivity contribution in [3.8, 4) is 22.8 Å². The molecule has 0 bridgehead atoms. The summed E-state index contributed by atoms with van der Waals surface area (Å²) in [6.07, 6.45) is 0.926. The van der Waals surface area contributed by atoms with E-state index >= 15 is 0 Å². The first kappa shape index (κ1) is 20.7. The zero-order valence-electron chi connectivity index (χ0n) is 18.7. The van der Waals surface area contributed by atoms with Crippen LogP contribution in [-0.2, 0) is 6.42 Å². The topological polar surface area (TPSA) is 44.0 Å². The number of fused-ring (bicyclic) bond motifs is 1. The van der Waals surface area contributed by atoms with Gasteiger partial charge in [-0.15, -0.1) is 0 Å². The summed E-state index contributed by atoms with van der Waals surface area (Å²) in [4.78, 5) is 5.08. The highest BCUT2D eigenvalue weighted by molar-refractivity contribution is 5.83. The molecule has 0 N–H and O–H groups in total. The molecule has 0 spiro atoms. The van der Waals surface area contributed by atoms with Gasteiger partial charge in [-0.1, -0.05) is 31.2 Å². The molecule has 3 aromatic carbocycles. The standard InChI is InChI=1S/C27H27NO3/c1-6-19-9-7-8-10-21(19)28-22-16-24(20-11-12-23(29-4)25(15-20)30-5)31-26-14-17(2)13-18(3)27(22)26/h7-16H,6H2,1-5H3. The molecule has 0 amide bonds. The van der Waals surface area contributed by atoms with Gasteiger partial charge in [0, 0.05) is 17.0 Å². The zero-order valence-corrected chi connectivity index (χ0v) is 18.7. The molecule has 1 aromatic heterocycles. The molecule has 4 heteroatoms. The molecule has 31 heavy (non-hydrogen) atoms. The number of para-hydroxylation sites is 1. The van der Waals surface area contributed by atoms with Gasteiger partial charge in [0.25, 0.3) is 0 Å². The fraction of sp³-hybridized carbons (Fsp3) is 0.222. The number of benzene rings is 3. The van der Waals surface area contributed by atoms with Crippen LogP contribution >= 0.6 is 0 Å². The fourth-order valence-corrected chi connectivity index (χ4v) is 3.95. The van der Waals surface area contributed by atoms with Crippen LogP contribution in [-0.4, -0.2) is 14.2 Å². The van der Waals surface area contributed by atoms with Crippen LogP contribution in [0.25, 0.3) is 22.3 Å². The van der Waals surface area contributed by atoms with Crippen molar-refractivity contribution >= 4 is 16.7 Å². The van der Waals surface area contributed by atoms with Gasteiger partial charge in [-0.05, 0) is 67.3 Å². The molecule has 0 unspecified atom stereocenters. The van der Waals surface area contributed by atoms with Gasteiger partial charge in [-0.2, -0.15) is 0 Å². The van der Waals surface area contributed by atoms with E-state index in [4.69, 9.17) is 18.9 Å². The van der Waals surface area contributed by atoms with Gasteiger partial charge in [0.1, 0.15) is 11.3 Å². The van der Waals surface area contributed by atoms with Gasteiger partial charge in [0.05, 0.1) is 25.3 Å². The average molecular weight is 414 g/mol. The van der Waals surface area contributed by atoms with Gasteiger partial charge >= 0.3 is 0 Å². The fourth-order valence-electron chi connectivity index (χ4n) is 3.95. The first-order valence-corrected chi connectivity index (χ1v) is 10.4. The van der Waals surface area contributed by atoms with E-state index in [-0.39, 0.29) is 0 Å². The summed E-state index contributed by atoms with van der Waals surface area (Å²) in [5.74, 6) is 2.07. The Kier molecular flexibility index (Phi) is 5.81. The van der Waals surface area contributed by atoms with Crippen LogP contribution in [0.1, 0.15) is 23.6 Å². The predicted molar refractivity (Wildman–Crippen MR) is 125 cm³/mol. The second kappa shape index (κ2) is 8.68. The molecule has 1 heterocycles. The lowest BCUT2D eigenvalue weighted by molar-refractivity contribution is 0.355. The third-order valence-corrected chi connectivity index (χ3v) is 5.47. The van der Waals surface area contributed by atoms with E-state index in [9.17, 15) is 0 Å². The Morgan fingerprint density at radius 2 is 1.65 bits per heavy atom. The number of ether oxygens (including phenoxy) is 2. The maximum atomic E-state index is 6.36. The van der Waals surface area contributed by atoms with Gasteiger partial charge in [0.15, 0.2) is 11.5 Å². The molecule has 0 saturated carbocycles. The second-order valence-electron chi connectivity index (χ2n) is 7.61. The summed E-state index contributed by atoms with van der Waals surface area (Å²) in [5.41, 5.74) is 6.21. The zero-order chi connectivity index (χ0) is 22.0. The SMILES string of the molecule is CCc1ccccc1N=c1cc(-c2ccc(OC)c(OC)c2)oc2cc(C)cc(C)c12. The normalized spacial score (nSPS) is 11.7. The van der Waals surface area contributed by atoms with Gasteiger partial charge in [-0.3, -0.25) is 0 Å². The van der Waals surface area contributed by atoms with Crippen LogP contribution in [0, 0.1) is 13.8 Å². The van der Waals surface area contributed by atoms with E-state index in [0.29, 0.717) is 11.5 Å². The third kappa shape index (κ3) is 4.06. The molecule has 4 aromatic rings. The minimum atomic E-state index is 0.658. The van der Waals surface area contributed by atoms with Crippen LogP contribution in [0.15, 0.2) is 70.1 Å². The second-order valence-corrected chi connectivity index (χ2v) is 7.61. The first-order valence-electron chi connectivity index (χ1n) is 10.4. The Morgan fingerprint density at radius 1 is 0.871 bits per heavy atom. The van der Waals surface area contributed by atoms with Crippen molar-refractivity contribution in [1.82, 2.24) is 0 Å². The number of methoxy groups -OCH3 is 2. The van der Waals surface area contributed by atoms with E-state index in [1.807, 2.05) is 30.3 Å². The molecular formula is C27H27NO3. The van der Waals surface area contributed by atoms with E-state index in [1.54, 1.807) is 14.2 Å². The molecule has 4 nitrogen and oxygen atoms in total. The largest absolute Gasteiger partial charge is 0.493 e. The lowest BCUT2D eigenvalue weighted by atomic mass is 10.0. The minimum absolute atomic E-state index is 0.658. The van der Waals surface area contributed by atoms with Crippen molar-refractivity contribution in [2.75, 3.05) is 14.2 Å². The van der Waals surface area contributed by atoms with Crippen molar-refractivity contribution in [2.24, 2.45) is 4.99 Å². The predicted octanol–water partition coefficient (Wildman–Crippen LogP) is 6.53. The maximum Gasteiger partial charge on any atom is 0.161 e. The summed E-state index contributed by atoms with van der Waals surface area (Å²) < 4.78 is 17.2. The van der Waals surface area contributed by atoms with Crippen molar-refractivity contribution in [1.29, 1.82) is 0 Å². The van der Waals surface area contributed by atoms with Crippen LogP contribution in [0.2, 0.25) is 0 Å². The Hall–Kier alpha value is -3.53. The molecule has 0 atom stereocenters. The van der Waals surface area contributed by atoms with Gasteiger partial charge < -0.3 is 13.9 Å². The summed E-state index contributed by atoms with van der Waals surface area (Å²) >= 11 is 0. The van der Waals surface area contributed by atoms with Crippen LogP contribution in [0.4, 0.5) is 5.69 Å². The third-order valence-electron chi connectivity index (χ3n) is 5.47. The van der Waals surface area contributed by atoms with Crippen molar-refractivity contribution in [3.05, 3.63) is 82.7 Å². The smallest absolute Gasteiger partial charge is 0.161 e. The first-order chi connectivity index (χ1) is 15.0. The van der Waals surface area contributed by atoms with E-state index < -0.39 is 0 Å². The van der Waals surface area contributed by atoms with Gasteiger partial charge in [-0.25, -0.2) is 4.99 Å². The lowest BCUT2D eigenvalue weighted by Crippen LogP contribution is -2.06. The monoisotopic (exact) mass is 413 g/mol. The number of hydrogen-bond donors (Lipinski definition) is 0. The Balaban J connectivity index is 2.03. The molecule has 0 aliphatic carbocycles. The molecule has 0 aliphatic heterocycles. The van der Waals surface area contributed by atoms with Crippen molar-refractivity contribution in [2.45, 2.75) is 27.2 Å². The minimum Gasteiger partial charge on any atom is -0.493 e. The highest BCUT2D eigenvalue weighted by atomic mass is 16.5. The van der Waals surface area contributed by atoms with E-state index in [0.717, 1.165) is 50.9 Å². The van der Waals surface area contributed by atoms with Crippen LogP contribution in [0.5, 0.6) is 11.5 Å². The summed E-state index contributed by atoms with van der Waals surface area (Å²) in [6.45, 7) is 6.33. The van der Waals surface area contributed by atoms with Crippen LogP contribution in [0.3, 0.4) is 0 Å². The van der Waals surface area contributed by atoms with Gasteiger partial charge in [0.2, 0.25) is 0 Å². The molecule has 158 valence electrons. The molecule has 4 rings (SSSR count). The van der Waals surface area contributed by atoms with E-state index in [1.165, 1.54) is 5.56 Å². The average Bonchev–Trinajstić information content (AvgIpc) is 2.78. The molecule has 0 fully saturated rings. The summed E-state index contributed by atoms with van der Waals surface area (Å²) in [5, 5.41) is 1.92. The lowest BCUT2D eigenvalue weighted by Gasteiger charge is -2.11. The van der Waals surface area contributed by atoms with Crippen molar-refractivity contribution < 1.29 is 13.9 Å². The van der Waals surface area contributed by atoms with Crippen molar-refractivity contribution in [3.63, 3.8) is 0 Å². The summed E-state index contributed by atoms with van der Waals surface area (Å²) in [7, 11) is 3.26. The number of aryl methyl sites for hydroxylation is 3. The number of nitrogens with zero attached hydrogens (tertiary/aromatic N) is 1. The highest BCUT2D eigenvalue weighted by Crippen LogP contribution is 2.33. The highest BCUT2D eigenvalue weighted by Gasteiger charge is 2.12. The quantitative estimate of drug-likeness (QED) is 0.374. The Morgan fingerprint density at radius 3 is 2.39 bits per heavy atom. The molecule has 0 radical (unpaired) electrons. The Bertz CT molecular complexity index is 1320. The maximum absolute atomic E-state index is 6.36. The van der Waals surface area contributed by atoms with E-state index in [2.05, 4.69) is 51.1 Å². The molecule has 0 aliphatic rings. The Labute approximate surface area is 182 Å². The molecule has 0 saturated heterocycles. The van der Waals surface area contributed by atoms with Crippen LogP contribution < -0.4 is 14.8 Å². The number of hydrogen-bond acceptors (Lipinski definition) is 4.